The number of fused-ring (bicyclic) bond motifs is 1. The summed E-state index contributed by atoms with van der Waals surface area (Å²) in [6.45, 7) is 0.196. The highest BCUT2D eigenvalue weighted by Gasteiger charge is 1.96. The molecule has 0 aliphatic carbocycles. The molecule has 0 amide bonds. The number of hydrogen-bond donors (Lipinski definition) is 1. The van der Waals surface area contributed by atoms with Gasteiger partial charge in [0.25, 0.3) is 0 Å². The lowest BCUT2D eigenvalue weighted by atomic mass is 10.1. The van der Waals surface area contributed by atoms with E-state index in [0.717, 1.165) is 11.3 Å². The van der Waals surface area contributed by atoms with Crippen LogP contribution in [-0.2, 0) is 0 Å². The van der Waals surface area contributed by atoms with Crippen molar-refractivity contribution in [1.82, 2.24) is 0 Å². The summed E-state index contributed by atoms with van der Waals surface area (Å²) in [6, 6.07) is 12.3. The minimum absolute atomic E-state index is 0.196. The second kappa shape index (κ2) is 5.51. The first-order valence-corrected chi connectivity index (χ1v) is 5.68. The van der Waals surface area contributed by atoms with Crippen molar-refractivity contribution in [2.75, 3.05) is 13.7 Å². The van der Waals surface area contributed by atoms with Crippen LogP contribution in [0.1, 0.15) is 12.0 Å². The van der Waals surface area contributed by atoms with Crippen molar-refractivity contribution in [3.05, 3.63) is 48.0 Å². The van der Waals surface area contributed by atoms with Crippen molar-refractivity contribution < 1.29 is 9.84 Å². The number of benzene rings is 2. The van der Waals surface area contributed by atoms with Crippen molar-refractivity contribution >= 4 is 16.8 Å². The summed E-state index contributed by atoms with van der Waals surface area (Å²) >= 11 is 0. The first-order chi connectivity index (χ1) is 8.33. The third-order valence-electron chi connectivity index (χ3n) is 2.68. The van der Waals surface area contributed by atoms with Gasteiger partial charge in [0.1, 0.15) is 5.75 Å². The molecule has 0 aliphatic rings. The Morgan fingerprint density at radius 2 is 1.88 bits per heavy atom. The predicted octanol–water partition coefficient (Wildman–Crippen LogP) is 3.24. The van der Waals surface area contributed by atoms with Crippen molar-refractivity contribution in [3.63, 3.8) is 0 Å². The zero-order valence-electron chi connectivity index (χ0n) is 9.89. The van der Waals surface area contributed by atoms with Crippen LogP contribution < -0.4 is 4.74 Å². The number of ether oxygens (including phenoxy) is 1. The molecule has 0 heterocycles. The fourth-order valence-electron chi connectivity index (χ4n) is 1.77. The SMILES string of the molecule is COc1ccc2cc(C=CCCO)ccc2c1. The van der Waals surface area contributed by atoms with Crippen LogP contribution >= 0.6 is 0 Å². The summed E-state index contributed by atoms with van der Waals surface area (Å²) in [5.41, 5.74) is 1.15. The standard InChI is InChI=1S/C15H16O2/c1-17-15-8-7-13-10-12(4-2-3-9-16)5-6-14(13)11-15/h2,4-8,10-11,16H,3,9H2,1H3. The number of methoxy groups -OCH3 is 1. The van der Waals surface area contributed by atoms with Gasteiger partial charge in [0, 0.05) is 6.61 Å². The Morgan fingerprint density at radius 1 is 1.12 bits per heavy atom. The molecule has 0 aromatic heterocycles. The lowest BCUT2D eigenvalue weighted by Crippen LogP contribution is -1.83. The summed E-state index contributed by atoms with van der Waals surface area (Å²) in [5.74, 6) is 0.876. The lowest BCUT2D eigenvalue weighted by Gasteiger charge is -2.03. The molecule has 0 unspecified atom stereocenters. The first-order valence-electron chi connectivity index (χ1n) is 5.68. The maximum absolute atomic E-state index is 8.71. The van der Waals surface area contributed by atoms with Gasteiger partial charge in [-0.1, -0.05) is 30.4 Å². The first kappa shape index (κ1) is 11.7. The van der Waals surface area contributed by atoms with E-state index in [1.807, 2.05) is 24.3 Å². The third-order valence-corrected chi connectivity index (χ3v) is 2.68. The highest BCUT2D eigenvalue weighted by atomic mass is 16.5. The Balaban J connectivity index is 2.31. The summed E-state index contributed by atoms with van der Waals surface area (Å²) in [5, 5.41) is 11.1. The molecule has 2 rings (SSSR count). The van der Waals surface area contributed by atoms with E-state index in [1.165, 1.54) is 10.8 Å². The fraction of sp³-hybridized carbons (Fsp3) is 0.200. The number of aliphatic hydroxyl groups is 1. The topological polar surface area (TPSA) is 29.5 Å². The smallest absolute Gasteiger partial charge is 0.119 e. The van der Waals surface area contributed by atoms with E-state index < -0.39 is 0 Å². The fourth-order valence-corrected chi connectivity index (χ4v) is 1.77. The zero-order valence-corrected chi connectivity index (χ0v) is 9.89. The highest BCUT2D eigenvalue weighted by Crippen LogP contribution is 2.22. The van der Waals surface area contributed by atoms with Crippen LogP contribution in [0, 0.1) is 0 Å². The van der Waals surface area contributed by atoms with E-state index in [0.29, 0.717) is 6.42 Å². The average molecular weight is 228 g/mol. The Kier molecular flexibility index (Phi) is 3.78. The third kappa shape index (κ3) is 2.86. The van der Waals surface area contributed by atoms with E-state index in [4.69, 9.17) is 9.84 Å². The molecule has 0 aliphatic heterocycles. The van der Waals surface area contributed by atoms with E-state index in [9.17, 15) is 0 Å². The van der Waals surface area contributed by atoms with Gasteiger partial charge in [0.2, 0.25) is 0 Å². The van der Waals surface area contributed by atoms with Gasteiger partial charge in [0.05, 0.1) is 7.11 Å². The van der Waals surface area contributed by atoms with Crippen LogP contribution in [0.25, 0.3) is 16.8 Å². The average Bonchev–Trinajstić information content (AvgIpc) is 2.38. The molecule has 0 spiro atoms. The molecule has 0 fully saturated rings. The number of rotatable bonds is 4. The molecular formula is C15H16O2. The van der Waals surface area contributed by atoms with Crippen LogP contribution in [0.3, 0.4) is 0 Å². The zero-order chi connectivity index (χ0) is 12.1. The highest BCUT2D eigenvalue weighted by molar-refractivity contribution is 5.86. The van der Waals surface area contributed by atoms with Crippen LogP contribution in [0.4, 0.5) is 0 Å². The Hall–Kier alpha value is -1.80. The Labute approximate surface area is 101 Å². The minimum atomic E-state index is 0.196. The van der Waals surface area contributed by atoms with Gasteiger partial charge in [-0.25, -0.2) is 0 Å². The summed E-state index contributed by atoms with van der Waals surface area (Å²) < 4.78 is 5.19. The quantitative estimate of drug-likeness (QED) is 0.870. The summed E-state index contributed by atoms with van der Waals surface area (Å²) in [6.07, 6.45) is 4.70. The molecule has 0 atom stereocenters. The maximum Gasteiger partial charge on any atom is 0.119 e. The molecule has 0 bridgehead atoms. The van der Waals surface area contributed by atoms with Gasteiger partial charge in [0.15, 0.2) is 0 Å². The minimum Gasteiger partial charge on any atom is -0.497 e. The van der Waals surface area contributed by atoms with Gasteiger partial charge in [-0.15, -0.1) is 0 Å². The predicted molar refractivity (Wildman–Crippen MR) is 71.2 cm³/mol. The molecule has 17 heavy (non-hydrogen) atoms. The molecule has 2 aromatic rings. The molecule has 2 aromatic carbocycles. The van der Waals surface area contributed by atoms with Gasteiger partial charge in [-0.05, 0) is 41.0 Å². The van der Waals surface area contributed by atoms with Crippen LogP contribution in [0.15, 0.2) is 42.5 Å². The Bertz CT molecular complexity index is 529. The second-order valence-electron chi connectivity index (χ2n) is 3.89. The Morgan fingerprint density at radius 3 is 2.65 bits per heavy atom. The lowest BCUT2D eigenvalue weighted by molar-refractivity contribution is 0.303. The molecule has 2 nitrogen and oxygen atoms in total. The van der Waals surface area contributed by atoms with Crippen LogP contribution in [0.2, 0.25) is 0 Å². The molecule has 88 valence electrons. The van der Waals surface area contributed by atoms with Gasteiger partial charge in [-0.3, -0.25) is 0 Å². The molecule has 0 radical (unpaired) electrons. The molecular weight excluding hydrogens is 212 g/mol. The van der Waals surface area contributed by atoms with Crippen molar-refractivity contribution in [3.8, 4) is 5.75 Å². The second-order valence-corrected chi connectivity index (χ2v) is 3.89. The molecule has 2 heteroatoms. The maximum atomic E-state index is 8.71. The largest absolute Gasteiger partial charge is 0.497 e. The van der Waals surface area contributed by atoms with Gasteiger partial charge >= 0.3 is 0 Å². The van der Waals surface area contributed by atoms with Gasteiger partial charge < -0.3 is 9.84 Å². The van der Waals surface area contributed by atoms with E-state index in [2.05, 4.69) is 24.3 Å². The van der Waals surface area contributed by atoms with E-state index >= 15 is 0 Å². The van der Waals surface area contributed by atoms with E-state index in [-0.39, 0.29) is 6.61 Å². The normalized spacial score (nSPS) is 11.2. The van der Waals surface area contributed by atoms with Crippen LogP contribution in [0.5, 0.6) is 5.75 Å². The molecule has 0 saturated heterocycles. The van der Waals surface area contributed by atoms with Gasteiger partial charge in [-0.2, -0.15) is 0 Å². The van der Waals surface area contributed by atoms with E-state index in [1.54, 1.807) is 7.11 Å². The van der Waals surface area contributed by atoms with Crippen LogP contribution in [-0.4, -0.2) is 18.8 Å². The molecule has 0 saturated carbocycles. The molecule has 1 N–H and O–H groups in total. The number of hydrogen-bond acceptors (Lipinski definition) is 2. The summed E-state index contributed by atoms with van der Waals surface area (Å²) in [7, 11) is 1.67. The van der Waals surface area contributed by atoms with Crippen molar-refractivity contribution in [2.24, 2.45) is 0 Å². The van der Waals surface area contributed by atoms with Crippen molar-refractivity contribution in [1.29, 1.82) is 0 Å². The van der Waals surface area contributed by atoms with Crippen molar-refractivity contribution in [2.45, 2.75) is 6.42 Å². The monoisotopic (exact) mass is 228 g/mol. The summed E-state index contributed by atoms with van der Waals surface area (Å²) in [4.78, 5) is 0. The number of aliphatic hydroxyl groups excluding tert-OH is 1.